The first-order valence-electron chi connectivity index (χ1n) is 8.20. The molecule has 0 bridgehead atoms. The van der Waals surface area contributed by atoms with E-state index in [2.05, 4.69) is 10.3 Å². The van der Waals surface area contributed by atoms with Gasteiger partial charge in [0.05, 0.1) is 11.3 Å². The van der Waals surface area contributed by atoms with Crippen LogP contribution in [-0.2, 0) is 6.18 Å². The van der Waals surface area contributed by atoms with Crippen LogP contribution in [0.15, 0.2) is 42.5 Å². The summed E-state index contributed by atoms with van der Waals surface area (Å²) in [5.74, 6) is -1.32. The molecule has 0 aliphatic heterocycles. The topological polar surface area (TPSA) is 24.9 Å². The fraction of sp³-hybridized carbons (Fsp3) is 0.250. The van der Waals surface area contributed by atoms with E-state index in [1.54, 1.807) is 0 Å². The van der Waals surface area contributed by atoms with Crippen LogP contribution >= 0.6 is 0 Å². The Morgan fingerprint density at radius 2 is 1.59 bits per heavy atom. The lowest BCUT2D eigenvalue weighted by Gasteiger charge is -2.23. The average Bonchev–Trinajstić information content (AvgIpc) is 2.52. The summed E-state index contributed by atoms with van der Waals surface area (Å²) in [4.78, 5) is 4.33. The van der Waals surface area contributed by atoms with Gasteiger partial charge < -0.3 is 5.32 Å². The molecule has 27 heavy (non-hydrogen) atoms. The summed E-state index contributed by atoms with van der Waals surface area (Å²) in [5.41, 5.74) is -1.02. The second kappa shape index (κ2) is 6.48. The number of nitrogens with zero attached hydrogens (tertiary/aromatic N) is 1. The lowest BCUT2D eigenvalue weighted by Crippen LogP contribution is -2.27. The zero-order chi connectivity index (χ0) is 20.0. The Labute approximate surface area is 153 Å². The summed E-state index contributed by atoms with van der Waals surface area (Å²) in [7, 11) is 0. The van der Waals surface area contributed by atoms with Gasteiger partial charge in [-0.2, -0.15) is 13.2 Å². The van der Waals surface area contributed by atoms with Crippen molar-refractivity contribution in [2.45, 2.75) is 32.5 Å². The quantitative estimate of drug-likeness (QED) is 0.520. The molecule has 0 fully saturated rings. The van der Waals surface area contributed by atoms with Crippen LogP contribution in [-0.4, -0.2) is 10.5 Å². The molecule has 0 amide bonds. The SMILES string of the molecule is CC(C)(C)Nc1nc(-c2ccc(F)cc2F)cc2ccc(C(F)(F)F)cc12. The summed E-state index contributed by atoms with van der Waals surface area (Å²) in [6, 6.07) is 7.88. The first-order valence-corrected chi connectivity index (χ1v) is 8.20. The number of benzene rings is 2. The van der Waals surface area contributed by atoms with Crippen LogP contribution in [0.4, 0.5) is 27.8 Å². The van der Waals surface area contributed by atoms with Crippen molar-refractivity contribution < 1.29 is 22.0 Å². The number of fused-ring (bicyclic) bond motifs is 1. The van der Waals surface area contributed by atoms with Crippen molar-refractivity contribution in [2.75, 3.05) is 5.32 Å². The van der Waals surface area contributed by atoms with E-state index in [1.807, 2.05) is 20.8 Å². The molecule has 2 aromatic carbocycles. The highest BCUT2D eigenvalue weighted by Crippen LogP contribution is 2.36. The Bertz CT molecular complexity index is 1000. The van der Waals surface area contributed by atoms with Gasteiger partial charge in [0.15, 0.2) is 0 Å². The molecule has 0 saturated heterocycles. The zero-order valence-electron chi connectivity index (χ0n) is 14.9. The molecule has 0 radical (unpaired) electrons. The van der Waals surface area contributed by atoms with Crippen molar-refractivity contribution in [1.29, 1.82) is 0 Å². The van der Waals surface area contributed by atoms with Gasteiger partial charge in [-0.15, -0.1) is 0 Å². The third-order valence-corrected chi connectivity index (χ3v) is 3.86. The van der Waals surface area contributed by atoms with E-state index in [0.29, 0.717) is 5.39 Å². The third-order valence-electron chi connectivity index (χ3n) is 3.86. The molecule has 0 unspecified atom stereocenters. The largest absolute Gasteiger partial charge is 0.416 e. The predicted octanol–water partition coefficient (Wildman–Crippen LogP) is 6.41. The second-order valence-corrected chi connectivity index (χ2v) is 7.29. The van der Waals surface area contributed by atoms with E-state index in [-0.39, 0.29) is 22.5 Å². The molecule has 0 atom stereocenters. The number of hydrogen-bond donors (Lipinski definition) is 1. The van der Waals surface area contributed by atoms with Crippen molar-refractivity contribution in [3.63, 3.8) is 0 Å². The Morgan fingerprint density at radius 1 is 0.889 bits per heavy atom. The molecule has 3 aromatic rings. The van der Waals surface area contributed by atoms with Crippen LogP contribution in [0.25, 0.3) is 22.0 Å². The van der Waals surface area contributed by atoms with Crippen LogP contribution in [0, 0.1) is 11.6 Å². The number of pyridine rings is 1. The summed E-state index contributed by atoms with van der Waals surface area (Å²) in [6.07, 6.45) is -4.49. The highest BCUT2D eigenvalue weighted by molar-refractivity contribution is 5.95. The fourth-order valence-corrected chi connectivity index (χ4v) is 2.71. The van der Waals surface area contributed by atoms with Gasteiger partial charge in [0.1, 0.15) is 17.5 Å². The van der Waals surface area contributed by atoms with Crippen molar-refractivity contribution in [3.8, 4) is 11.3 Å². The van der Waals surface area contributed by atoms with Crippen LogP contribution in [0.2, 0.25) is 0 Å². The average molecular weight is 380 g/mol. The summed E-state index contributed by atoms with van der Waals surface area (Å²) < 4.78 is 66.7. The molecule has 0 spiro atoms. The molecule has 0 aliphatic rings. The first kappa shape index (κ1) is 19.1. The van der Waals surface area contributed by atoms with Gasteiger partial charge >= 0.3 is 6.18 Å². The van der Waals surface area contributed by atoms with Gasteiger partial charge in [0, 0.05) is 22.6 Å². The molecular formula is C20H17F5N2. The van der Waals surface area contributed by atoms with Crippen LogP contribution in [0.1, 0.15) is 26.3 Å². The maximum absolute atomic E-state index is 14.2. The summed E-state index contributed by atoms with van der Waals surface area (Å²) in [6.45, 7) is 5.50. The van der Waals surface area contributed by atoms with E-state index >= 15 is 0 Å². The highest BCUT2D eigenvalue weighted by Gasteiger charge is 2.31. The Balaban J connectivity index is 2.26. The maximum atomic E-state index is 14.2. The Hall–Kier alpha value is -2.70. The molecule has 1 N–H and O–H groups in total. The zero-order valence-corrected chi connectivity index (χ0v) is 14.9. The molecule has 7 heteroatoms. The number of alkyl halides is 3. The molecular weight excluding hydrogens is 363 g/mol. The van der Waals surface area contributed by atoms with Crippen molar-refractivity contribution in [3.05, 3.63) is 59.7 Å². The molecule has 142 valence electrons. The number of aromatic nitrogens is 1. The third kappa shape index (κ3) is 4.18. The lowest BCUT2D eigenvalue weighted by molar-refractivity contribution is -0.137. The Kier molecular flexibility index (Phi) is 4.57. The molecule has 1 aromatic heterocycles. The van der Waals surface area contributed by atoms with Crippen LogP contribution in [0.5, 0.6) is 0 Å². The van der Waals surface area contributed by atoms with E-state index < -0.39 is 28.9 Å². The van der Waals surface area contributed by atoms with E-state index in [1.165, 1.54) is 18.2 Å². The monoisotopic (exact) mass is 380 g/mol. The minimum atomic E-state index is -4.49. The molecule has 0 saturated carbocycles. The molecule has 2 nitrogen and oxygen atoms in total. The summed E-state index contributed by atoms with van der Waals surface area (Å²) in [5, 5.41) is 3.80. The normalized spacial score (nSPS) is 12.4. The van der Waals surface area contributed by atoms with E-state index in [4.69, 9.17) is 0 Å². The summed E-state index contributed by atoms with van der Waals surface area (Å²) >= 11 is 0. The van der Waals surface area contributed by atoms with Crippen molar-refractivity contribution >= 4 is 16.6 Å². The van der Waals surface area contributed by atoms with Crippen LogP contribution < -0.4 is 5.32 Å². The highest BCUT2D eigenvalue weighted by atomic mass is 19.4. The van der Waals surface area contributed by atoms with Gasteiger partial charge in [0.2, 0.25) is 0 Å². The molecule has 1 heterocycles. The minimum absolute atomic E-state index is 0.0650. The lowest BCUT2D eigenvalue weighted by atomic mass is 10.0. The van der Waals surface area contributed by atoms with Crippen molar-refractivity contribution in [2.24, 2.45) is 0 Å². The van der Waals surface area contributed by atoms with Gasteiger partial charge in [-0.05, 0) is 56.5 Å². The first-order chi connectivity index (χ1) is 12.4. The number of hydrogen-bond acceptors (Lipinski definition) is 2. The van der Waals surface area contributed by atoms with Crippen LogP contribution in [0.3, 0.4) is 0 Å². The Morgan fingerprint density at radius 3 is 2.19 bits per heavy atom. The van der Waals surface area contributed by atoms with Crippen molar-refractivity contribution in [1.82, 2.24) is 4.98 Å². The second-order valence-electron chi connectivity index (χ2n) is 7.29. The fourth-order valence-electron chi connectivity index (χ4n) is 2.71. The van der Waals surface area contributed by atoms with Gasteiger partial charge in [-0.1, -0.05) is 6.07 Å². The van der Waals surface area contributed by atoms with E-state index in [9.17, 15) is 22.0 Å². The number of nitrogens with one attached hydrogen (secondary N) is 1. The smallest absolute Gasteiger partial charge is 0.365 e. The molecule has 0 aliphatic carbocycles. The van der Waals surface area contributed by atoms with Gasteiger partial charge in [-0.25, -0.2) is 13.8 Å². The van der Waals surface area contributed by atoms with Gasteiger partial charge in [-0.3, -0.25) is 0 Å². The van der Waals surface area contributed by atoms with Gasteiger partial charge in [0.25, 0.3) is 0 Å². The molecule has 3 rings (SSSR count). The van der Waals surface area contributed by atoms with E-state index in [0.717, 1.165) is 24.3 Å². The predicted molar refractivity (Wildman–Crippen MR) is 95.5 cm³/mol. The minimum Gasteiger partial charge on any atom is -0.365 e. The number of halogens is 5. The number of rotatable bonds is 2. The standard InChI is InChI=1S/C20H17F5N2/c1-19(2,3)27-18-15-9-12(20(23,24)25)5-4-11(15)8-17(26-18)14-7-6-13(21)10-16(14)22/h4-10H,1-3H3,(H,26,27). The maximum Gasteiger partial charge on any atom is 0.416 e. The number of anilines is 1.